The predicted octanol–water partition coefficient (Wildman–Crippen LogP) is 2.05. The summed E-state index contributed by atoms with van der Waals surface area (Å²) >= 11 is 0. The van der Waals surface area contributed by atoms with Gasteiger partial charge in [-0.1, -0.05) is 55.0 Å². The van der Waals surface area contributed by atoms with Crippen LogP contribution in [0.15, 0.2) is 61.2 Å². The van der Waals surface area contributed by atoms with Crippen molar-refractivity contribution in [2.45, 2.75) is 38.1 Å². The van der Waals surface area contributed by atoms with Gasteiger partial charge in [0.2, 0.25) is 18.6 Å². The second kappa shape index (κ2) is 14.5. The van der Waals surface area contributed by atoms with Gasteiger partial charge in [-0.25, -0.2) is 14.6 Å². The number of nitrogens with zero attached hydrogens (tertiary/aromatic N) is 4. The molecule has 13 nitrogen and oxygen atoms in total. The van der Waals surface area contributed by atoms with Crippen LogP contribution in [0.3, 0.4) is 0 Å². The summed E-state index contributed by atoms with van der Waals surface area (Å²) in [4.78, 5) is 56.5. The minimum absolute atomic E-state index is 0.0202. The minimum Gasteiger partial charge on any atom is -0.454 e. The summed E-state index contributed by atoms with van der Waals surface area (Å²) in [6, 6.07) is 13.6. The van der Waals surface area contributed by atoms with Crippen molar-refractivity contribution >= 4 is 23.9 Å². The Morgan fingerprint density at radius 1 is 1.09 bits per heavy atom. The second-order valence-electron chi connectivity index (χ2n) is 10.7. The Labute approximate surface area is 261 Å². The lowest BCUT2D eigenvalue weighted by molar-refractivity contribution is -0.189. The van der Waals surface area contributed by atoms with Gasteiger partial charge in [0.1, 0.15) is 18.8 Å². The fourth-order valence-electron chi connectivity index (χ4n) is 5.64. The first kappa shape index (κ1) is 31.2. The topological polar surface area (TPSA) is 133 Å². The second-order valence-corrected chi connectivity index (χ2v) is 10.7. The number of terminal acetylenes is 1. The Hall–Kier alpha value is -5.22. The molecule has 2 atom stereocenters. The third-order valence-electron chi connectivity index (χ3n) is 7.66. The SMILES string of the molecule is C#CCN1CC(=O)N2[C@@H](CCCNC(=O)OCC=C)C(=O)N(Cc3ccc4c(c3)OCO4)C[C@@H]2N1C(=O)NCc1ccccc1. The van der Waals surface area contributed by atoms with Crippen molar-refractivity contribution in [1.29, 1.82) is 0 Å². The third-order valence-corrected chi connectivity index (χ3v) is 7.66. The number of carbonyl (C=O) groups is 4. The molecule has 0 radical (unpaired) electrons. The molecule has 0 unspecified atom stereocenters. The summed E-state index contributed by atoms with van der Waals surface area (Å²) in [5.41, 5.74) is 1.70. The average molecular weight is 617 g/mol. The molecule has 2 aromatic rings. The molecule has 3 heterocycles. The summed E-state index contributed by atoms with van der Waals surface area (Å²) in [5.74, 6) is 3.17. The van der Waals surface area contributed by atoms with Crippen molar-refractivity contribution in [1.82, 2.24) is 30.5 Å². The third kappa shape index (κ3) is 7.30. The maximum absolute atomic E-state index is 14.0. The first-order valence-electron chi connectivity index (χ1n) is 14.7. The van der Waals surface area contributed by atoms with Crippen LogP contribution in [0, 0.1) is 12.3 Å². The van der Waals surface area contributed by atoms with E-state index in [0.717, 1.165) is 11.1 Å². The molecule has 236 valence electrons. The zero-order valence-corrected chi connectivity index (χ0v) is 24.9. The Morgan fingerprint density at radius 3 is 2.67 bits per heavy atom. The van der Waals surface area contributed by atoms with Crippen LogP contribution in [0.25, 0.3) is 0 Å². The number of alkyl carbamates (subject to hydrolysis) is 1. The van der Waals surface area contributed by atoms with E-state index in [2.05, 4.69) is 23.1 Å². The molecular formula is C32H36N6O7. The summed E-state index contributed by atoms with van der Waals surface area (Å²) in [6.45, 7) is 4.31. The van der Waals surface area contributed by atoms with Gasteiger partial charge in [-0.15, -0.1) is 6.42 Å². The fourth-order valence-corrected chi connectivity index (χ4v) is 5.64. The van der Waals surface area contributed by atoms with Gasteiger partial charge in [0.05, 0.1) is 19.6 Å². The van der Waals surface area contributed by atoms with Crippen molar-refractivity contribution < 1.29 is 33.4 Å². The van der Waals surface area contributed by atoms with Gasteiger partial charge in [-0.3, -0.25) is 9.59 Å². The summed E-state index contributed by atoms with van der Waals surface area (Å²) in [5, 5.41) is 8.58. The van der Waals surface area contributed by atoms with Crippen molar-refractivity contribution in [2.24, 2.45) is 0 Å². The normalized spacial score (nSPS) is 19.0. The van der Waals surface area contributed by atoms with E-state index in [1.807, 2.05) is 42.5 Å². The number of hydrogen-bond acceptors (Lipinski definition) is 8. The molecule has 5 rings (SSSR count). The van der Waals surface area contributed by atoms with Gasteiger partial charge in [-0.05, 0) is 36.1 Å². The molecule has 0 saturated carbocycles. The molecule has 13 heteroatoms. The molecule has 0 bridgehead atoms. The van der Waals surface area contributed by atoms with Crippen LogP contribution in [0.4, 0.5) is 9.59 Å². The first-order valence-corrected chi connectivity index (χ1v) is 14.7. The number of hydrogen-bond donors (Lipinski definition) is 2. The molecular weight excluding hydrogens is 580 g/mol. The Bertz CT molecular complexity index is 1460. The van der Waals surface area contributed by atoms with Crippen LogP contribution in [-0.2, 0) is 27.4 Å². The van der Waals surface area contributed by atoms with Crippen molar-refractivity contribution in [3.05, 3.63) is 72.3 Å². The van der Waals surface area contributed by atoms with Crippen molar-refractivity contribution in [2.75, 3.05) is 39.6 Å². The molecule has 0 aliphatic carbocycles. The lowest BCUT2D eigenvalue weighted by Crippen LogP contribution is -2.76. The quantitative estimate of drug-likeness (QED) is 0.223. The zero-order chi connectivity index (χ0) is 31.8. The summed E-state index contributed by atoms with van der Waals surface area (Å²) < 4.78 is 15.9. The van der Waals surface area contributed by atoms with Gasteiger partial charge in [0.15, 0.2) is 11.5 Å². The van der Waals surface area contributed by atoms with Crippen LogP contribution in [-0.4, -0.2) is 95.5 Å². The number of hydrazine groups is 1. The highest BCUT2D eigenvalue weighted by atomic mass is 16.7. The molecule has 2 saturated heterocycles. The van der Waals surface area contributed by atoms with E-state index in [4.69, 9.17) is 20.6 Å². The van der Waals surface area contributed by atoms with Gasteiger partial charge in [0, 0.05) is 19.6 Å². The minimum atomic E-state index is -0.881. The number of nitrogens with one attached hydrogen (secondary N) is 2. The molecule has 2 N–H and O–H groups in total. The van der Waals surface area contributed by atoms with Crippen molar-refractivity contribution in [3.63, 3.8) is 0 Å². The number of fused-ring (bicyclic) bond motifs is 2. The van der Waals surface area contributed by atoms with E-state index >= 15 is 0 Å². The number of urea groups is 1. The number of carbonyl (C=O) groups excluding carboxylic acids is 4. The monoisotopic (exact) mass is 616 g/mol. The van der Waals surface area contributed by atoms with E-state index in [1.54, 1.807) is 11.0 Å². The average Bonchev–Trinajstić information content (AvgIpc) is 3.51. The van der Waals surface area contributed by atoms with Crippen LogP contribution in [0.5, 0.6) is 11.5 Å². The van der Waals surface area contributed by atoms with Crippen LogP contribution in [0.2, 0.25) is 0 Å². The standard InChI is InChI=1S/C32H36N6O7/c1-3-15-36-21-29(39)37-25(11-8-14-33-32(42)43-16-4-2)30(40)35(19-24-12-13-26-27(17-24)45-22-44-26)20-28(37)38(36)31(41)34-18-23-9-6-5-7-10-23/h1,4-7,9-10,12-13,17,25,28H,2,8,11,14-16,18-22H2,(H,33,42)(H,34,41)/t25-,28-/m0/s1. The summed E-state index contributed by atoms with van der Waals surface area (Å²) in [6.07, 6.45) is 6.30. The maximum Gasteiger partial charge on any atom is 0.407 e. The van der Waals surface area contributed by atoms with E-state index in [9.17, 15) is 19.2 Å². The molecule has 3 aliphatic rings. The smallest absolute Gasteiger partial charge is 0.407 e. The summed E-state index contributed by atoms with van der Waals surface area (Å²) in [7, 11) is 0. The Kier molecular flexibility index (Phi) is 10.1. The lowest BCUT2D eigenvalue weighted by Gasteiger charge is -2.55. The molecule has 2 aromatic carbocycles. The number of ether oxygens (including phenoxy) is 3. The molecule has 0 spiro atoms. The van der Waals surface area contributed by atoms with E-state index in [0.29, 0.717) is 17.9 Å². The van der Waals surface area contributed by atoms with Crippen LogP contribution < -0.4 is 20.1 Å². The largest absolute Gasteiger partial charge is 0.454 e. The highest BCUT2D eigenvalue weighted by molar-refractivity contribution is 5.91. The van der Waals surface area contributed by atoms with E-state index < -0.39 is 24.3 Å². The number of rotatable bonds is 11. The van der Waals surface area contributed by atoms with Gasteiger partial charge in [0.25, 0.3) is 0 Å². The Morgan fingerprint density at radius 2 is 1.89 bits per heavy atom. The first-order chi connectivity index (χ1) is 21.9. The van der Waals surface area contributed by atoms with Gasteiger partial charge in [-0.2, -0.15) is 5.01 Å². The lowest BCUT2D eigenvalue weighted by atomic mass is 10.0. The molecule has 2 fully saturated rings. The highest BCUT2D eigenvalue weighted by Gasteiger charge is 2.51. The van der Waals surface area contributed by atoms with E-state index in [-0.39, 0.29) is 70.9 Å². The van der Waals surface area contributed by atoms with E-state index in [1.165, 1.54) is 21.0 Å². The Balaban J connectivity index is 1.39. The zero-order valence-electron chi connectivity index (χ0n) is 24.9. The fraction of sp³-hybridized carbons (Fsp3) is 0.375. The molecule has 45 heavy (non-hydrogen) atoms. The predicted molar refractivity (Wildman–Crippen MR) is 162 cm³/mol. The van der Waals surface area contributed by atoms with Crippen molar-refractivity contribution in [3.8, 4) is 23.8 Å². The number of benzene rings is 2. The number of piperazine rings is 1. The molecule has 0 aromatic heterocycles. The highest BCUT2D eigenvalue weighted by Crippen LogP contribution is 2.34. The number of amides is 5. The van der Waals surface area contributed by atoms with Crippen LogP contribution >= 0.6 is 0 Å². The van der Waals surface area contributed by atoms with Gasteiger partial charge < -0.3 is 34.6 Å². The van der Waals surface area contributed by atoms with Crippen LogP contribution in [0.1, 0.15) is 24.0 Å². The molecule has 5 amide bonds. The molecule has 3 aliphatic heterocycles. The van der Waals surface area contributed by atoms with Gasteiger partial charge >= 0.3 is 12.1 Å². The maximum atomic E-state index is 14.0.